The van der Waals surface area contributed by atoms with Crippen LogP contribution in [0.15, 0.2) is 0 Å². The minimum atomic E-state index is -1.34. The lowest BCUT2D eigenvalue weighted by Crippen LogP contribution is -2.42. The minimum absolute atomic E-state index is 0.331. The molecular formula is C8H12N2O6. The summed E-state index contributed by atoms with van der Waals surface area (Å²) in [5, 5.41) is 16.9. The number of rotatable bonds is 7. The molecule has 0 aliphatic carbocycles. The van der Waals surface area contributed by atoms with Gasteiger partial charge >= 0.3 is 11.9 Å². The summed E-state index contributed by atoms with van der Waals surface area (Å²) in [7, 11) is 0. The average molecular weight is 232 g/mol. The second-order valence-corrected chi connectivity index (χ2v) is 3.04. The van der Waals surface area contributed by atoms with Crippen LogP contribution in [-0.4, -0.2) is 58.4 Å². The van der Waals surface area contributed by atoms with Crippen LogP contribution >= 0.6 is 0 Å². The highest BCUT2D eigenvalue weighted by Gasteiger charge is 2.21. The Hall–Kier alpha value is -1.96. The highest BCUT2D eigenvalue weighted by atomic mass is 16.4. The summed E-state index contributed by atoms with van der Waals surface area (Å²) in [5.74, 6) is -3.46. The molecule has 0 radical (unpaired) electrons. The van der Waals surface area contributed by atoms with Gasteiger partial charge in [0.05, 0.1) is 6.04 Å². The van der Waals surface area contributed by atoms with Crippen molar-refractivity contribution in [1.82, 2.24) is 4.90 Å². The van der Waals surface area contributed by atoms with Gasteiger partial charge in [-0.3, -0.25) is 14.4 Å². The number of carboxylic acid groups (broad SMARTS) is 2. The molecule has 8 nitrogen and oxygen atoms in total. The SMILES string of the molecule is NC(C=O)CC(=O)N(CC(=O)O)CC(=O)O. The van der Waals surface area contributed by atoms with Crippen molar-refractivity contribution in [2.45, 2.75) is 12.5 Å². The maximum Gasteiger partial charge on any atom is 0.323 e. The Kier molecular flexibility index (Phi) is 5.71. The molecule has 0 spiro atoms. The van der Waals surface area contributed by atoms with Crippen LogP contribution in [0.5, 0.6) is 0 Å². The van der Waals surface area contributed by atoms with Crippen molar-refractivity contribution in [3.8, 4) is 0 Å². The van der Waals surface area contributed by atoms with Crippen molar-refractivity contribution in [2.24, 2.45) is 5.73 Å². The quantitative estimate of drug-likeness (QED) is 0.427. The molecule has 0 saturated heterocycles. The molecule has 0 bridgehead atoms. The van der Waals surface area contributed by atoms with E-state index >= 15 is 0 Å². The molecule has 16 heavy (non-hydrogen) atoms. The second kappa shape index (κ2) is 6.51. The first-order valence-corrected chi connectivity index (χ1v) is 4.29. The van der Waals surface area contributed by atoms with Gasteiger partial charge in [0.1, 0.15) is 19.4 Å². The summed E-state index contributed by atoms with van der Waals surface area (Å²) < 4.78 is 0. The molecule has 0 aliphatic rings. The lowest BCUT2D eigenvalue weighted by Gasteiger charge is -2.18. The monoisotopic (exact) mass is 232 g/mol. The van der Waals surface area contributed by atoms with Gasteiger partial charge in [-0.15, -0.1) is 0 Å². The highest BCUT2D eigenvalue weighted by molar-refractivity contribution is 5.86. The Bertz CT molecular complexity index is 287. The third-order valence-electron chi connectivity index (χ3n) is 1.59. The maximum atomic E-state index is 11.3. The van der Waals surface area contributed by atoms with Gasteiger partial charge in [-0.25, -0.2) is 0 Å². The van der Waals surface area contributed by atoms with Crippen LogP contribution < -0.4 is 5.73 Å². The summed E-state index contributed by atoms with van der Waals surface area (Å²) in [6.45, 7) is -1.48. The second-order valence-electron chi connectivity index (χ2n) is 3.04. The van der Waals surface area contributed by atoms with E-state index in [1.54, 1.807) is 0 Å². The van der Waals surface area contributed by atoms with Crippen molar-refractivity contribution in [3.63, 3.8) is 0 Å². The Morgan fingerprint density at radius 2 is 1.62 bits per heavy atom. The molecule has 0 aromatic heterocycles. The molecule has 0 aliphatic heterocycles. The fourth-order valence-corrected chi connectivity index (χ4v) is 0.938. The van der Waals surface area contributed by atoms with Gasteiger partial charge < -0.3 is 25.6 Å². The van der Waals surface area contributed by atoms with Crippen molar-refractivity contribution in [1.29, 1.82) is 0 Å². The third kappa shape index (κ3) is 5.70. The molecule has 8 heteroatoms. The van der Waals surface area contributed by atoms with E-state index < -0.39 is 43.4 Å². The molecule has 1 atom stereocenters. The average Bonchev–Trinajstić information content (AvgIpc) is 2.15. The smallest absolute Gasteiger partial charge is 0.323 e. The largest absolute Gasteiger partial charge is 0.480 e. The van der Waals surface area contributed by atoms with Gasteiger partial charge in [-0.2, -0.15) is 0 Å². The number of carbonyl (C=O) groups is 4. The number of carbonyl (C=O) groups excluding carboxylic acids is 2. The molecule has 4 N–H and O–H groups in total. The molecular weight excluding hydrogens is 220 g/mol. The van der Waals surface area contributed by atoms with Crippen molar-refractivity contribution in [2.75, 3.05) is 13.1 Å². The van der Waals surface area contributed by atoms with Gasteiger partial charge in [0.15, 0.2) is 0 Å². The Morgan fingerprint density at radius 3 is 1.94 bits per heavy atom. The van der Waals surface area contributed by atoms with Crippen molar-refractivity contribution in [3.05, 3.63) is 0 Å². The molecule has 0 aromatic carbocycles. The summed E-state index contributed by atoms with van der Waals surface area (Å²) in [4.78, 5) is 42.9. The van der Waals surface area contributed by atoms with E-state index in [-0.39, 0.29) is 0 Å². The van der Waals surface area contributed by atoms with Gasteiger partial charge in [-0.05, 0) is 0 Å². The lowest BCUT2D eigenvalue weighted by molar-refractivity contribution is -0.149. The third-order valence-corrected chi connectivity index (χ3v) is 1.59. The molecule has 0 fully saturated rings. The number of hydrogen-bond acceptors (Lipinski definition) is 5. The van der Waals surface area contributed by atoms with E-state index in [9.17, 15) is 19.2 Å². The van der Waals surface area contributed by atoms with E-state index in [0.29, 0.717) is 11.2 Å². The zero-order valence-corrected chi connectivity index (χ0v) is 8.33. The molecule has 1 amide bonds. The van der Waals surface area contributed by atoms with Crippen LogP contribution in [0.4, 0.5) is 0 Å². The summed E-state index contributed by atoms with van der Waals surface area (Å²) in [6.07, 6.45) is -0.0817. The van der Waals surface area contributed by atoms with Crippen LogP contribution in [0.3, 0.4) is 0 Å². The molecule has 1 unspecified atom stereocenters. The zero-order chi connectivity index (χ0) is 12.7. The van der Waals surface area contributed by atoms with Crippen LogP contribution in [0.1, 0.15) is 6.42 Å². The first-order valence-electron chi connectivity index (χ1n) is 4.29. The van der Waals surface area contributed by atoms with E-state index in [4.69, 9.17) is 15.9 Å². The van der Waals surface area contributed by atoms with Crippen LogP contribution in [0, 0.1) is 0 Å². The van der Waals surface area contributed by atoms with Crippen LogP contribution in [-0.2, 0) is 19.2 Å². The molecule has 0 heterocycles. The normalized spacial score (nSPS) is 11.6. The predicted octanol–water partition coefficient (Wildman–Crippen LogP) is -2.10. The minimum Gasteiger partial charge on any atom is -0.480 e. The van der Waals surface area contributed by atoms with Gasteiger partial charge in [0, 0.05) is 6.42 Å². The number of carboxylic acids is 2. The Balaban J connectivity index is 4.48. The Labute approximate surface area is 90.6 Å². The van der Waals surface area contributed by atoms with Gasteiger partial charge in [0.25, 0.3) is 0 Å². The first-order chi connectivity index (χ1) is 7.36. The fourth-order valence-electron chi connectivity index (χ4n) is 0.938. The van der Waals surface area contributed by atoms with Gasteiger partial charge in [-0.1, -0.05) is 0 Å². The topological polar surface area (TPSA) is 138 Å². The number of amides is 1. The maximum absolute atomic E-state index is 11.3. The van der Waals surface area contributed by atoms with E-state index in [2.05, 4.69) is 0 Å². The summed E-state index contributed by atoms with van der Waals surface area (Å²) in [5.41, 5.74) is 5.16. The van der Waals surface area contributed by atoms with E-state index in [1.807, 2.05) is 0 Å². The Morgan fingerprint density at radius 1 is 1.19 bits per heavy atom. The van der Waals surface area contributed by atoms with Crippen LogP contribution in [0.2, 0.25) is 0 Å². The summed E-state index contributed by atoms with van der Waals surface area (Å²) >= 11 is 0. The van der Waals surface area contributed by atoms with E-state index in [0.717, 1.165) is 0 Å². The fraction of sp³-hybridized carbons (Fsp3) is 0.500. The number of nitrogens with two attached hydrogens (primary N) is 1. The summed E-state index contributed by atoms with van der Waals surface area (Å²) in [6, 6.07) is -1.06. The lowest BCUT2D eigenvalue weighted by atomic mass is 10.2. The van der Waals surface area contributed by atoms with E-state index in [1.165, 1.54) is 0 Å². The zero-order valence-electron chi connectivity index (χ0n) is 8.33. The molecule has 90 valence electrons. The number of aldehydes is 1. The van der Waals surface area contributed by atoms with Crippen LogP contribution in [0.25, 0.3) is 0 Å². The van der Waals surface area contributed by atoms with Gasteiger partial charge in [0.2, 0.25) is 5.91 Å². The number of nitrogens with zero attached hydrogens (tertiary/aromatic N) is 1. The first kappa shape index (κ1) is 14.0. The standard InChI is InChI=1S/C8H12N2O6/c9-5(4-11)1-6(12)10(2-7(13)14)3-8(15)16/h4-5H,1-3,9H2,(H,13,14)(H,15,16). The van der Waals surface area contributed by atoms with Crippen molar-refractivity contribution >= 4 is 24.1 Å². The van der Waals surface area contributed by atoms with Crippen molar-refractivity contribution < 1.29 is 29.4 Å². The highest BCUT2D eigenvalue weighted by Crippen LogP contribution is 1.96. The molecule has 0 rings (SSSR count). The predicted molar refractivity (Wildman–Crippen MR) is 50.5 cm³/mol. The number of aliphatic carboxylic acids is 2. The molecule has 0 aromatic rings. The molecule has 0 saturated carbocycles. The number of hydrogen-bond donors (Lipinski definition) is 3.